The molecular weight excluding hydrogens is 632 g/mol. The third kappa shape index (κ3) is 5.14. The van der Waals surface area contributed by atoms with E-state index in [0.29, 0.717) is 34.2 Å². The minimum absolute atomic E-state index is 0.00460. The first-order valence-electron chi connectivity index (χ1n) is 14.8. The number of fused-ring (bicyclic) bond motifs is 1. The molecule has 0 bridgehead atoms. The Kier molecular flexibility index (Phi) is 8.59. The summed E-state index contributed by atoms with van der Waals surface area (Å²) >= 11 is 6.61. The summed E-state index contributed by atoms with van der Waals surface area (Å²) in [6, 6.07) is 15.4. The van der Waals surface area contributed by atoms with E-state index in [2.05, 4.69) is 16.8 Å². The number of anilines is 1. The van der Waals surface area contributed by atoms with Gasteiger partial charge in [-0.15, -0.1) is 0 Å². The Morgan fingerprint density at radius 2 is 1.85 bits per heavy atom. The number of carbonyl (C=O) groups is 1. The first-order chi connectivity index (χ1) is 22.1. The van der Waals surface area contributed by atoms with Crippen molar-refractivity contribution in [3.05, 3.63) is 101 Å². The summed E-state index contributed by atoms with van der Waals surface area (Å²) in [6.45, 7) is 3.50. The number of aliphatic hydroxyl groups excluding tert-OH is 1. The van der Waals surface area contributed by atoms with Crippen molar-refractivity contribution in [1.29, 1.82) is 0 Å². The van der Waals surface area contributed by atoms with Crippen LogP contribution in [0.1, 0.15) is 42.0 Å². The summed E-state index contributed by atoms with van der Waals surface area (Å²) in [5, 5.41) is 11.4. The van der Waals surface area contributed by atoms with Gasteiger partial charge in [0.05, 0.1) is 43.1 Å². The van der Waals surface area contributed by atoms with Crippen LogP contribution in [0.5, 0.6) is 11.5 Å². The number of rotatable bonds is 10. The van der Waals surface area contributed by atoms with Gasteiger partial charge in [0.25, 0.3) is 15.9 Å². The molecule has 1 N–H and O–H groups in total. The third-order valence-electron chi connectivity index (χ3n) is 8.75. The van der Waals surface area contributed by atoms with Crippen LogP contribution in [0.3, 0.4) is 0 Å². The van der Waals surface area contributed by atoms with Gasteiger partial charge in [0.15, 0.2) is 5.54 Å². The van der Waals surface area contributed by atoms with Gasteiger partial charge in [-0.05, 0) is 74.1 Å². The Morgan fingerprint density at radius 3 is 2.50 bits per heavy atom. The second-order valence-electron chi connectivity index (χ2n) is 11.4. The number of amides is 1. The van der Waals surface area contributed by atoms with Crippen molar-refractivity contribution in [2.45, 2.75) is 42.5 Å². The van der Waals surface area contributed by atoms with Crippen LogP contribution in [0.25, 0.3) is 0 Å². The highest BCUT2D eigenvalue weighted by Gasteiger charge is 2.63. The highest BCUT2D eigenvalue weighted by atomic mass is 35.5. The van der Waals surface area contributed by atoms with Crippen LogP contribution >= 0.6 is 11.6 Å². The van der Waals surface area contributed by atoms with E-state index >= 15 is 4.79 Å². The largest absolute Gasteiger partial charge is 0.497 e. The van der Waals surface area contributed by atoms with Crippen LogP contribution in [0.4, 0.5) is 5.69 Å². The monoisotopic (exact) mass is 666 g/mol. The van der Waals surface area contributed by atoms with Gasteiger partial charge >= 0.3 is 0 Å². The van der Waals surface area contributed by atoms with Crippen molar-refractivity contribution in [2.24, 2.45) is 0 Å². The molecule has 2 aliphatic heterocycles. The Bertz CT molecular complexity index is 1850. The lowest BCUT2D eigenvalue weighted by Crippen LogP contribution is -2.55. The van der Waals surface area contributed by atoms with Crippen molar-refractivity contribution in [2.75, 3.05) is 38.7 Å². The lowest BCUT2D eigenvalue weighted by Gasteiger charge is -2.41. The third-order valence-corrected chi connectivity index (χ3v) is 10.7. The molecule has 1 fully saturated rings. The fourth-order valence-electron chi connectivity index (χ4n) is 6.51. The maximum atomic E-state index is 15.4. The van der Waals surface area contributed by atoms with Gasteiger partial charge in [-0.25, -0.2) is 17.7 Å². The Hall–Kier alpha value is -3.94. The molecule has 0 spiro atoms. The van der Waals surface area contributed by atoms with Gasteiger partial charge in [-0.1, -0.05) is 30.7 Å². The van der Waals surface area contributed by atoms with E-state index in [4.69, 9.17) is 25.5 Å². The standard InChI is InChI=1S/C33H35ClN4O7S/c1-5-36(2)19-21-6-12-26(30(16-21)44-4)33(37-20-23(39)18-29(37)31-35-14-15-45-31)27-17-22(34)7-13-28(27)38(32(33)40)46(41,42)25-10-8-24(43-3)9-11-25/h6-17,23,29,39H,5,18-20H2,1-4H3/t23-,29+,33?/m1/s1. The molecule has 3 heterocycles. The van der Waals surface area contributed by atoms with Crippen LogP contribution in [0.15, 0.2) is 82.4 Å². The molecule has 1 aromatic heterocycles. The van der Waals surface area contributed by atoms with E-state index in [1.165, 1.54) is 57.0 Å². The van der Waals surface area contributed by atoms with E-state index in [1.807, 2.05) is 19.2 Å². The minimum Gasteiger partial charge on any atom is -0.497 e. The van der Waals surface area contributed by atoms with Crippen LogP contribution in [0.2, 0.25) is 5.02 Å². The minimum atomic E-state index is -4.47. The second-order valence-corrected chi connectivity index (χ2v) is 13.6. The first kappa shape index (κ1) is 32.0. The number of halogens is 1. The van der Waals surface area contributed by atoms with Crippen LogP contribution < -0.4 is 13.8 Å². The molecule has 13 heteroatoms. The fourth-order valence-corrected chi connectivity index (χ4v) is 8.14. The molecule has 2 aliphatic rings. The van der Waals surface area contributed by atoms with Crippen LogP contribution in [-0.2, 0) is 26.9 Å². The number of hydrogen-bond acceptors (Lipinski definition) is 10. The zero-order chi connectivity index (χ0) is 32.8. The molecule has 46 heavy (non-hydrogen) atoms. The molecular formula is C33H35ClN4O7S. The van der Waals surface area contributed by atoms with Crippen molar-refractivity contribution in [3.8, 4) is 11.5 Å². The summed E-state index contributed by atoms with van der Waals surface area (Å²) in [5.41, 5.74) is -0.0365. The molecule has 1 unspecified atom stereocenters. The van der Waals surface area contributed by atoms with Crippen LogP contribution in [-0.4, -0.2) is 74.7 Å². The lowest BCUT2D eigenvalue weighted by molar-refractivity contribution is -0.127. The molecule has 11 nitrogen and oxygen atoms in total. The van der Waals surface area contributed by atoms with Crippen molar-refractivity contribution in [3.63, 3.8) is 0 Å². The average molecular weight is 667 g/mol. The molecule has 3 atom stereocenters. The zero-order valence-corrected chi connectivity index (χ0v) is 27.5. The molecule has 0 aliphatic carbocycles. The molecule has 4 aromatic rings. The second kappa shape index (κ2) is 12.3. The van der Waals surface area contributed by atoms with E-state index in [1.54, 1.807) is 23.1 Å². The predicted octanol–water partition coefficient (Wildman–Crippen LogP) is 4.58. The predicted molar refractivity (Wildman–Crippen MR) is 171 cm³/mol. The number of nitrogens with zero attached hydrogens (tertiary/aromatic N) is 4. The smallest absolute Gasteiger partial charge is 0.271 e. The van der Waals surface area contributed by atoms with Gasteiger partial charge in [-0.2, -0.15) is 0 Å². The maximum absolute atomic E-state index is 15.4. The van der Waals surface area contributed by atoms with Crippen LogP contribution in [0, 0.1) is 0 Å². The number of ether oxygens (including phenoxy) is 2. The van der Waals surface area contributed by atoms with Gasteiger partial charge in [0.2, 0.25) is 5.89 Å². The number of β-amino-alcohol motifs (C(OH)–C–C–N with tert-alkyl or cyclic N) is 1. The zero-order valence-electron chi connectivity index (χ0n) is 25.9. The lowest BCUT2D eigenvalue weighted by atomic mass is 9.80. The molecule has 242 valence electrons. The normalized spacial score (nSPS) is 21.6. The molecule has 1 saturated heterocycles. The van der Waals surface area contributed by atoms with E-state index < -0.39 is 33.6 Å². The van der Waals surface area contributed by atoms with E-state index in [-0.39, 0.29) is 29.4 Å². The molecule has 0 saturated carbocycles. The number of oxazole rings is 1. The summed E-state index contributed by atoms with van der Waals surface area (Å²) in [6.07, 6.45) is 2.23. The van der Waals surface area contributed by atoms with Gasteiger partial charge in [0, 0.05) is 29.2 Å². The first-order valence-corrected chi connectivity index (χ1v) is 16.6. The number of aromatic nitrogens is 1. The highest BCUT2D eigenvalue weighted by molar-refractivity contribution is 7.93. The Labute approximate surface area is 273 Å². The average Bonchev–Trinajstić information content (AvgIpc) is 3.78. The topological polar surface area (TPSA) is 126 Å². The van der Waals surface area contributed by atoms with Gasteiger partial charge in [0.1, 0.15) is 17.8 Å². The van der Waals surface area contributed by atoms with Crippen molar-refractivity contribution >= 4 is 33.2 Å². The fraction of sp³-hybridized carbons (Fsp3) is 0.333. The highest BCUT2D eigenvalue weighted by Crippen LogP contribution is 2.56. The number of sulfonamides is 1. The summed E-state index contributed by atoms with van der Waals surface area (Å²) in [5.74, 6) is 0.344. The van der Waals surface area contributed by atoms with Gasteiger partial charge in [-0.3, -0.25) is 9.69 Å². The Balaban J connectivity index is 1.64. The number of carbonyl (C=O) groups excluding carboxylic acids is 1. The summed E-state index contributed by atoms with van der Waals surface area (Å²) in [4.78, 5) is 23.5. The molecule has 0 radical (unpaired) electrons. The maximum Gasteiger partial charge on any atom is 0.271 e. The number of methoxy groups -OCH3 is 2. The van der Waals surface area contributed by atoms with E-state index in [0.717, 1.165) is 16.4 Å². The van der Waals surface area contributed by atoms with Gasteiger partial charge < -0.3 is 23.9 Å². The molecule has 6 rings (SSSR count). The SMILES string of the molecule is CCN(C)Cc1ccc(C2(N3C[C@H](O)C[C@H]3c3ncco3)C(=O)N(S(=O)(=O)c3ccc(OC)cc3)c3ccc(Cl)cc32)c(OC)c1. The molecule has 1 amide bonds. The van der Waals surface area contributed by atoms with Crippen molar-refractivity contribution < 1.29 is 32.2 Å². The van der Waals surface area contributed by atoms with E-state index in [9.17, 15) is 13.5 Å². The summed E-state index contributed by atoms with van der Waals surface area (Å²) < 4.78 is 46.7. The Morgan fingerprint density at radius 1 is 1.09 bits per heavy atom. The number of aliphatic hydroxyl groups is 1. The molecule has 3 aromatic carbocycles. The number of likely N-dealkylation sites (tertiary alicyclic amines) is 1. The van der Waals surface area contributed by atoms with Crippen molar-refractivity contribution in [1.82, 2.24) is 14.8 Å². The number of hydrogen-bond donors (Lipinski definition) is 1. The summed E-state index contributed by atoms with van der Waals surface area (Å²) in [7, 11) is 0.515. The quantitative estimate of drug-likeness (QED) is 0.257. The number of benzene rings is 3.